The van der Waals surface area contributed by atoms with E-state index in [9.17, 15) is 5.11 Å². The molecule has 0 saturated carbocycles. The Bertz CT molecular complexity index is 3540. The van der Waals surface area contributed by atoms with Gasteiger partial charge in [-0.25, -0.2) is 19.9 Å². The first-order valence-electron chi connectivity index (χ1n) is 18.5. The van der Waals surface area contributed by atoms with Gasteiger partial charge >= 0.3 is 0 Å². The highest BCUT2D eigenvalue weighted by molar-refractivity contribution is 6.04. The predicted molar refractivity (Wildman–Crippen MR) is 220 cm³/mol. The summed E-state index contributed by atoms with van der Waals surface area (Å²) in [4.78, 5) is 34.3. The maximum absolute atomic E-state index is 10.4. The lowest BCUT2D eigenvalue weighted by Gasteiger charge is -2.07. The van der Waals surface area contributed by atoms with Crippen LogP contribution in [0, 0.1) is 0 Å². The summed E-state index contributed by atoms with van der Waals surface area (Å²) in [6.45, 7) is 0. The largest absolute Gasteiger partial charge is 0.506 e. The van der Waals surface area contributed by atoms with Gasteiger partial charge in [0.25, 0.3) is 0 Å². The molecule has 0 spiro atoms. The van der Waals surface area contributed by atoms with Gasteiger partial charge in [0.1, 0.15) is 33.9 Å². The van der Waals surface area contributed by atoms with E-state index < -0.39 is 0 Å². The average Bonchev–Trinajstić information content (AvgIpc) is 4.13. The molecule has 15 heteroatoms. The fourth-order valence-electron chi connectivity index (χ4n) is 7.71. The molecule has 0 amide bonds. The van der Waals surface area contributed by atoms with Gasteiger partial charge in [0, 0.05) is 75.1 Å². The zero-order chi connectivity index (χ0) is 39.0. The highest BCUT2D eigenvalue weighted by Crippen LogP contribution is 2.41. The molecule has 0 fully saturated rings. The summed E-state index contributed by atoms with van der Waals surface area (Å²) < 4.78 is 11.7. The van der Waals surface area contributed by atoms with Crippen molar-refractivity contribution in [2.45, 2.75) is 0 Å². The molecule has 280 valence electrons. The van der Waals surface area contributed by atoms with E-state index in [2.05, 4.69) is 57.3 Å². The standard InChI is InChI=1S/C44H26N12O3/c57-28-13-26(18-46-19-28)25-15-32(36-33(16-25)40(56-54-36)44-49-37-29(24-7-12-58-20-24)5-10-47-41(37)52-44)35-17-27(21-59-35)30-6-11-48-42-38(30)50-43(51-42)39-31-14-23(1-2-34(31)53-55-39)22-3-8-45-9-4-22/h1-21,57H,(H,53,55)(H,54,56)(H,47,49,52)(H,48,50,51). The third-order valence-electron chi connectivity index (χ3n) is 10.5. The van der Waals surface area contributed by atoms with Gasteiger partial charge < -0.3 is 23.9 Å². The first kappa shape index (κ1) is 32.5. The molecule has 59 heavy (non-hydrogen) atoms. The Balaban J connectivity index is 0.970. The fraction of sp³-hybridized carbons (Fsp3) is 0. The van der Waals surface area contributed by atoms with Crippen molar-refractivity contribution in [3.63, 3.8) is 0 Å². The van der Waals surface area contributed by atoms with Crippen molar-refractivity contribution >= 4 is 44.1 Å². The minimum atomic E-state index is 0.0454. The summed E-state index contributed by atoms with van der Waals surface area (Å²) in [7, 11) is 0. The van der Waals surface area contributed by atoms with Crippen molar-refractivity contribution < 1.29 is 13.9 Å². The van der Waals surface area contributed by atoms with E-state index >= 15 is 0 Å². The van der Waals surface area contributed by atoms with Gasteiger partial charge in [0.2, 0.25) is 0 Å². The van der Waals surface area contributed by atoms with Crippen LogP contribution in [0.25, 0.3) is 123 Å². The Hall–Kier alpha value is -8.72. The molecule has 12 rings (SSSR count). The molecule has 5 N–H and O–H groups in total. The Morgan fingerprint density at radius 1 is 0.542 bits per heavy atom. The summed E-state index contributed by atoms with van der Waals surface area (Å²) in [5.74, 6) is 1.73. The average molecular weight is 771 g/mol. The van der Waals surface area contributed by atoms with Crippen molar-refractivity contribution in [2.75, 3.05) is 0 Å². The number of furan rings is 2. The minimum absolute atomic E-state index is 0.0454. The van der Waals surface area contributed by atoms with Gasteiger partial charge in [-0.2, -0.15) is 10.2 Å². The van der Waals surface area contributed by atoms with Gasteiger partial charge in [-0.1, -0.05) is 6.07 Å². The SMILES string of the molecule is Oc1cncc(-c2cc(-c3cc(-c4ccnc5[nH]c(-c6n[nH]c7ccc(-c8ccncc8)cc67)nc45)co3)c3[nH]nc(-c4nc5c(-c6ccoc6)ccnc5[nH]4)c3c2)c1. The highest BCUT2D eigenvalue weighted by atomic mass is 16.3. The maximum atomic E-state index is 10.4. The first-order valence-corrected chi connectivity index (χ1v) is 18.5. The lowest BCUT2D eigenvalue weighted by atomic mass is 9.98. The monoisotopic (exact) mass is 770 g/mol. The number of benzene rings is 2. The molecule has 0 aliphatic heterocycles. The van der Waals surface area contributed by atoms with Crippen molar-refractivity contribution in [3.8, 4) is 84.6 Å². The molecule has 12 aromatic rings. The van der Waals surface area contributed by atoms with Gasteiger partial charge in [-0.05, 0) is 83.4 Å². The number of nitrogens with one attached hydrogen (secondary N) is 4. The normalized spacial score (nSPS) is 11.8. The van der Waals surface area contributed by atoms with Gasteiger partial charge in [-0.3, -0.25) is 20.2 Å². The van der Waals surface area contributed by atoms with E-state index in [1.165, 1.54) is 6.20 Å². The Morgan fingerprint density at radius 2 is 1.29 bits per heavy atom. The molecule has 15 nitrogen and oxygen atoms in total. The Labute approximate surface area is 330 Å². The number of aromatic amines is 4. The van der Waals surface area contributed by atoms with Crippen LogP contribution in [-0.4, -0.2) is 65.4 Å². The van der Waals surface area contributed by atoms with Gasteiger partial charge in [0.15, 0.2) is 22.9 Å². The van der Waals surface area contributed by atoms with Crippen molar-refractivity contribution in [2.24, 2.45) is 0 Å². The summed E-state index contributed by atoms with van der Waals surface area (Å²) in [6.07, 6.45) is 15.1. The summed E-state index contributed by atoms with van der Waals surface area (Å²) >= 11 is 0. The fourth-order valence-corrected chi connectivity index (χ4v) is 7.71. The number of pyridine rings is 4. The summed E-state index contributed by atoms with van der Waals surface area (Å²) in [5.41, 5.74) is 13.2. The smallest absolute Gasteiger partial charge is 0.160 e. The van der Waals surface area contributed by atoms with Crippen LogP contribution < -0.4 is 0 Å². The maximum Gasteiger partial charge on any atom is 0.160 e. The molecule has 0 unspecified atom stereocenters. The van der Waals surface area contributed by atoms with Crippen LogP contribution in [0.2, 0.25) is 0 Å². The van der Waals surface area contributed by atoms with Crippen molar-refractivity contribution in [1.29, 1.82) is 0 Å². The molecule has 2 aromatic carbocycles. The second kappa shape index (κ2) is 12.7. The lowest BCUT2D eigenvalue weighted by molar-refractivity contribution is 0.473. The number of hydrogen-bond acceptors (Lipinski definition) is 11. The van der Waals surface area contributed by atoms with Crippen LogP contribution in [0.4, 0.5) is 0 Å². The molecule has 10 heterocycles. The zero-order valence-corrected chi connectivity index (χ0v) is 30.5. The number of imidazole rings is 2. The molecular formula is C44H26N12O3. The lowest BCUT2D eigenvalue weighted by Crippen LogP contribution is -1.86. The summed E-state index contributed by atoms with van der Waals surface area (Å²) in [6, 6.07) is 23.4. The minimum Gasteiger partial charge on any atom is -0.506 e. The number of fused-ring (bicyclic) bond motifs is 4. The van der Waals surface area contributed by atoms with E-state index in [4.69, 9.17) is 23.9 Å². The quantitative estimate of drug-likeness (QED) is 0.103. The molecule has 0 bridgehead atoms. The van der Waals surface area contributed by atoms with E-state index in [-0.39, 0.29) is 5.75 Å². The number of H-pyrrole nitrogens is 4. The van der Waals surface area contributed by atoms with E-state index in [1.54, 1.807) is 55.8 Å². The number of rotatable bonds is 7. The van der Waals surface area contributed by atoms with E-state index in [0.717, 1.165) is 66.3 Å². The molecular weight excluding hydrogens is 745 g/mol. The van der Waals surface area contributed by atoms with E-state index in [1.807, 2.05) is 54.6 Å². The van der Waals surface area contributed by atoms with E-state index in [0.29, 0.717) is 56.7 Å². The molecule has 0 atom stereocenters. The number of aromatic nitrogens is 12. The third kappa shape index (κ3) is 5.29. The third-order valence-corrected chi connectivity index (χ3v) is 10.5. The Morgan fingerprint density at radius 3 is 2.05 bits per heavy atom. The van der Waals surface area contributed by atoms with Crippen LogP contribution in [0.1, 0.15) is 0 Å². The molecule has 10 aromatic heterocycles. The molecule has 0 saturated heterocycles. The molecule has 0 aliphatic carbocycles. The van der Waals surface area contributed by atoms with Gasteiger partial charge in [-0.15, -0.1) is 0 Å². The second-order valence-corrected chi connectivity index (χ2v) is 14.0. The van der Waals surface area contributed by atoms with Crippen LogP contribution in [0.3, 0.4) is 0 Å². The van der Waals surface area contributed by atoms with Crippen LogP contribution in [0.5, 0.6) is 5.75 Å². The summed E-state index contributed by atoms with van der Waals surface area (Å²) in [5, 5.41) is 27.9. The number of hydrogen-bond donors (Lipinski definition) is 5. The van der Waals surface area contributed by atoms with Crippen molar-refractivity contribution in [3.05, 3.63) is 129 Å². The van der Waals surface area contributed by atoms with Crippen LogP contribution in [-0.2, 0) is 0 Å². The molecule has 0 aliphatic rings. The first-order chi connectivity index (χ1) is 29.1. The van der Waals surface area contributed by atoms with Crippen molar-refractivity contribution in [1.82, 2.24) is 60.3 Å². The number of aromatic hydroxyl groups is 1. The highest BCUT2D eigenvalue weighted by Gasteiger charge is 2.22. The number of nitrogens with zero attached hydrogens (tertiary/aromatic N) is 8. The second-order valence-electron chi connectivity index (χ2n) is 14.0. The zero-order valence-electron chi connectivity index (χ0n) is 30.5. The topological polar surface area (TPSA) is 213 Å². The Kier molecular flexibility index (Phi) is 6.97. The van der Waals surface area contributed by atoms with Crippen LogP contribution >= 0.6 is 0 Å². The predicted octanol–water partition coefficient (Wildman–Crippen LogP) is 9.33. The molecule has 0 radical (unpaired) electrons. The van der Waals surface area contributed by atoms with Gasteiger partial charge in [0.05, 0.1) is 36.0 Å². The van der Waals surface area contributed by atoms with Crippen LogP contribution in [0.15, 0.2) is 138 Å².